The molecule has 170 valence electrons. The van der Waals surface area contributed by atoms with Crippen LogP contribution in [0.1, 0.15) is 46.3 Å². The maximum absolute atomic E-state index is 13.1. The first-order valence-electron chi connectivity index (χ1n) is 11.4. The van der Waals surface area contributed by atoms with Crippen LogP contribution in [-0.2, 0) is 22.7 Å². The van der Waals surface area contributed by atoms with Gasteiger partial charge in [-0.2, -0.15) is 0 Å². The number of benzene rings is 2. The van der Waals surface area contributed by atoms with Crippen LogP contribution in [0.4, 0.5) is 0 Å². The molecule has 0 radical (unpaired) electrons. The van der Waals surface area contributed by atoms with Gasteiger partial charge in [-0.1, -0.05) is 42.5 Å². The second kappa shape index (κ2) is 8.83. The van der Waals surface area contributed by atoms with Gasteiger partial charge in [0.1, 0.15) is 11.8 Å². The number of hydrogen-bond donors (Lipinski definition) is 1. The molecule has 1 atom stereocenters. The summed E-state index contributed by atoms with van der Waals surface area (Å²) in [5.41, 5.74) is 4.91. The summed E-state index contributed by atoms with van der Waals surface area (Å²) >= 11 is 0. The minimum absolute atomic E-state index is 0.184. The molecule has 1 unspecified atom stereocenters. The number of carbonyl (C=O) groups excluding carboxylic acids is 3. The van der Waals surface area contributed by atoms with E-state index in [1.807, 2.05) is 18.2 Å². The maximum atomic E-state index is 13.1. The molecule has 3 amide bonds. The Bertz CT molecular complexity index is 1140. The zero-order chi connectivity index (χ0) is 22.9. The third kappa shape index (κ3) is 4.04. The standard InChI is InChI=1S/C26H27N3O4/c1-33-24-19(18-11-13-28(14-12-18)15-17-5-3-2-4-6-17)7-8-20-21(24)16-29(26(20)32)22-9-10-23(30)27-25(22)31/h2-8,11,22H,9-10,12-16H2,1H3,(H,27,30,31). The van der Waals surface area contributed by atoms with Gasteiger partial charge in [0.25, 0.3) is 5.91 Å². The molecule has 0 aromatic heterocycles. The van der Waals surface area contributed by atoms with Crippen molar-refractivity contribution in [3.8, 4) is 5.75 Å². The number of amides is 3. The third-order valence-corrected chi connectivity index (χ3v) is 6.76. The molecule has 1 fully saturated rings. The summed E-state index contributed by atoms with van der Waals surface area (Å²) in [6, 6.07) is 13.6. The molecular formula is C26H27N3O4. The summed E-state index contributed by atoms with van der Waals surface area (Å²) < 4.78 is 5.80. The quantitative estimate of drug-likeness (QED) is 0.716. The van der Waals surface area contributed by atoms with Crippen molar-refractivity contribution in [1.82, 2.24) is 15.1 Å². The number of carbonyl (C=O) groups is 3. The van der Waals surface area contributed by atoms with Gasteiger partial charge in [-0.15, -0.1) is 0 Å². The van der Waals surface area contributed by atoms with Gasteiger partial charge in [0.2, 0.25) is 11.8 Å². The predicted molar refractivity (Wildman–Crippen MR) is 123 cm³/mol. The number of ether oxygens (including phenoxy) is 1. The van der Waals surface area contributed by atoms with Gasteiger partial charge in [0, 0.05) is 42.7 Å². The third-order valence-electron chi connectivity index (χ3n) is 6.76. The van der Waals surface area contributed by atoms with Crippen LogP contribution in [0.2, 0.25) is 0 Å². The van der Waals surface area contributed by atoms with Gasteiger partial charge >= 0.3 is 0 Å². The SMILES string of the molecule is COc1c(C2=CCN(Cc3ccccc3)CC2)ccc2c1CN(C1CCC(=O)NC1=O)C2=O. The summed E-state index contributed by atoms with van der Waals surface area (Å²) in [7, 11) is 1.63. The Morgan fingerprint density at radius 2 is 1.82 bits per heavy atom. The van der Waals surface area contributed by atoms with Crippen molar-refractivity contribution in [3.63, 3.8) is 0 Å². The van der Waals surface area contributed by atoms with Gasteiger partial charge in [-0.25, -0.2) is 0 Å². The van der Waals surface area contributed by atoms with Crippen LogP contribution in [-0.4, -0.2) is 53.8 Å². The molecule has 7 nitrogen and oxygen atoms in total. The molecule has 1 N–H and O–H groups in total. The number of methoxy groups -OCH3 is 1. The summed E-state index contributed by atoms with van der Waals surface area (Å²) in [5.74, 6) is -0.166. The smallest absolute Gasteiger partial charge is 0.255 e. The van der Waals surface area contributed by atoms with E-state index in [1.54, 1.807) is 12.0 Å². The molecule has 0 bridgehead atoms. The Morgan fingerprint density at radius 1 is 1.03 bits per heavy atom. The highest BCUT2D eigenvalue weighted by molar-refractivity contribution is 6.06. The minimum Gasteiger partial charge on any atom is -0.496 e. The fraction of sp³-hybridized carbons (Fsp3) is 0.346. The van der Waals surface area contributed by atoms with Crippen LogP contribution < -0.4 is 10.1 Å². The number of hydrogen-bond acceptors (Lipinski definition) is 5. The van der Waals surface area contributed by atoms with Crippen molar-refractivity contribution >= 4 is 23.3 Å². The minimum atomic E-state index is -0.629. The molecule has 5 rings (SSSR count). The molecule has 0 aliphatic carbocycles. The van der Waals surface area contributed by atoms with E-state index in [0.29, 0.717) is 24.3 Å². The second-order valence-corrected chi connectivity index (χ2v) is 8.77. The molecule has 2 aromatic rings. The Morgan fingerprint density at radius 3 is 2.52 bits per heavy atom. The van der Waals surface area contributed by atoms with Crippen molar-refractivity contribution in [2.45, 2.75) is 38.4 Å². The molecule has 3 aliphatic rings. The largest absolute Gasteiger partial charge is 0.496 e. The highest BCUT2D eigenvalue weighted by atomic mass is 16.5. The number of nitrogens with zero attached hydrogens (tertiary/aromatic N) is 2. The molecule has 3 aliphatic heterocycles. The van der Waals surface area contributed by atoms with Gasteiger partial charge < -0.3 is 9.64 Å². The first-order chi connectivity index (χ1) is 16.0. The topological polar surface area (TPSA) is 79.0 Å². The van der Waals surface area contributed by atoms with Crippen molar-refractivity contribution < 1.29 is 19.1 Å². The lowest BCUT2D eigenvalue weighted by molar-refractivity contribution is -0.136. The van der Waals surface area contributed by atoms with Gasteiger partial charge in [-0.05, 0) is 30.0 Å². The lowest BCUT2D eigenvalue weighted by Crippen LogP contribution is -2.52. The molecule has 7 heteroatoms. The summed E-state index contributed by atoms with van der Waals surface area (Å²) in [4.78, 5) is 40.9. The lowest BCUT2D eigenvalue weighted by Gasteiger charge is -2.29. The first kappa shape index (κ1) is 21.4. The number of piperidine rings is 1. The monoisotopic (exact) mass is 445 g/mol. The van der Waals surface area contributed by atoms with E-state index >= 15 is 0 Å². The fourth-order valence-corrected chi connectivity index (χ4v) is 5.04. The zero-order valence-electron chi connectivity index (χ0n) is 18.7. The molecule has 0 spiro atoms. The average molecular weight is 446 g/mol. The number of rotatable bonds is 5. The van der Waals surface area contributed by atoms with Crippen LogP contribution in [0.5, 0.6) is 5.75 Å². The molecule has 33 heavy (non-hydrogen) atoms. The second-order valence-electron chi connectivity index (χ2n) is 8.77. The van der Waals surface area contributed by atoms with Crippen LogP contribution in [0, 0.1) is 0 Å². The summed E-state index contributed by atoms with van der Waals surface area (Å²) in [5, 5.41) is 2.35. The molecule has 0 saturated carbocycles. The van der Waals surface area contributed by atoms with E-state index in [-0.39, 0.29) is 18.2 Å². The van der Waals surface area contributed by atoms with E-state index < -0.39 is 11.9 Å². The molecular weight excluding hydrogens is 418 g/mol. The Labute approximate surface area is 193 Å². The van der Waals surface area contributed by atoms with E-state index in [2.05, 4.69) is 40.6 Å². The molecule has 3 heterocycles. The highest BCUT2D eigenvalue weighted by Gasteiger charge is 2.40. The van der Waals surface area contributed by atoms with Crippen LogP contribution in [0.15, 0.2) is 48.5 Å². The normalized spacial score (nSPS) is 21.0. The lowest BCUT2D eigenvalue weighted by atomic mass is 9.94. The Kier molecular flexibility index (Phi) is 5.72. The number of nitrogens with one attached hydrogen (secondary N) is 1. The van der Waals surface area contributed by atoms with Crippen molar-refractivity contribution in [1.29, 1.82) is 0 Å². The van der Waals surface area contributed by atoms with Crippen molar-refractivity contribution in [2.24, 2.45) is 0 Å². The summed E-state index contributed by atoms with van der Waals surface area (Å²) in [6.45, 7) is 3.03. The van der Waals surface area contributed by atoms with Gasteiger partial charge in [0.15, 0.2) is 0 Å². The maximum Gasteiger partial charge on any atom is 0.255 e. The number of imide groups is 1. The number of fused-ring (bicyclic) bond motifs is 1. The van der Waals surface area contributed by atoms with E-state index in [9.17, 15) is 14.4 Å². The molecule has 1 saturated heterocycles. The van der Waals surface area contributed by atoms with Gasteiger partial charge in [-0.3, -0.25) is 24.6 Å². The van der Waals surface area contributed by atoms with Crippen LogP contribution >= 0.6 is 0 Å². The van der Waals surface area contributed by atoms with E-state index in [0.717, 1.165) is 37.2 Å². The molecule has 2 aromatic carbocycles. The van der Waals surface area contributed by atoms with Gasteiger partial charge in [0.05, 0.1) is 13.7 Å². The zero-order valence-corrected chi connectivity index (χ0v) is 18.7. The Hall–Kier alpha value is -3.45. The summed E-state index contributed by atoms with van der Waals surface area (Å²) in [6.07, 6.45) is 3.73. The fourth-order valence-electron chi connectivity index (χ4n) is 5.04. The predicted octanol–water partition coefficient (Wildman–Crippen LogP) is 2.75. The van der Waals surface area contributed by atoms with Crippen molar-refractivity contribution in [2.75, 3.05) is 20.2 Å². The van der Waals surface area contributed by atoms with Crippen LogP contribution in [0.3, 0.4) is 0 Å². The average Bonchev–Trinajstić information content (AvgIpc) is 3.16. The highest BCUT2D eigenvalue weighted by Crippen LogP contribution is 2.40. The Balaban J connectivity index is 1.36. The van der Waals surface area contributed by atoms with E-state index in [4.69, 9.17) is 4.74 Å². The van der Waals surface area contributed by atoms with Crippen molar-refractivity contribution in [3.05, 3.63) is 70.8 Å². The van der Waals surface area contributed by atoms with Crippen LogP contribution in [0.25, 0.3) is 5.57 Å². The van der Waals surface area contributed by atoms with E-state index in [1.165, 1.54) is 11.1 Å². The first-order valence-corrected chi connectivity index (χ1v) is 11.4.